The van der Waals surface area contributed by atoms with Gasteiger partial charge in [-0.05, 0) is 36.3 Å². The molecular formula is C11H12FN5O. The van der Waals surface area contributed by atoms with Gasteiger partial charge in [0.1, 0.15) is 5.82 Å². The van der Waals surface area contributed by atoms with Crippen LogP contribution in [0.3, 0.4) is 0 Å². The Morgan fingerprint density at radius 1 is 1.50 bits per heavy atom. The Bertz CT molecular complexity index is 555. The van der Waals surface area contributed by atoms with Crippen molar-refractivity contribution in [3.8, 4) is 0 Å². The highest BCUT2D eigenvalue weighted by molar-refractivity contribution is 5.90. The molecule has 2 rings (SSSR count). The van der Waals surface area contributed by atoms with Gasteiger partial charge in [-0.3, -0.25) is 4.79 Å². The quantitative estimate of drug-likeness (QED) is 0.854. The molecule has 0 bridgehead atoms. The Balaban J connectivity index is 2.10. The van der Waals surface area contributed by atoms with Gasteiger partial charge in [0, 0.05) is 0 Å². The maximum absolute atomic E-state index is 13.4. The number of hydrogen-bond donors (Lipinski definition) is 2. The van der Waals surface area contributed by atoms with E-state index in [1.54, 1.807) is 26.0 Å². The molecule has 0 spiro atoms. The van der Waals surface area contributed by atoms with Crippen molar-refractivity contribution in [2.75, 3.05) is 0 Å². The van der Waals surface area contributed by atoms with Gasteiger partial charge in [0.15, 0.2) is 0 Å². The molecule has 1 heterocycles. The fourth-order valence-corrected chi connectivity index (χ4v) is 1.48. The van der Waals surface area contributed by atoms with Crippen molar-refractivity contribution >= 4 is 5.91 Å². The number of amides is 1. The third-order valence-electron chi connectivity index (χ3n) is 2.59. The fourth-order valence-electron chi connectivity index (χ4n) is 1.48. The van der Waals surface area contributed by atoms with E-state index in [0.29, 0.717) is 11.1 Å². The summed E-state index contributed by atoms with van der Waals surface area (Å²) in [7, 11) is 0. The van der Waals surface area contributed by atoms with Crippen LogP contribution in [-0.4, -0.2) is 26.5 Å². The third kappa shape index (κ3) is 2.50. The number of aromatic nitrogens is 4. The highest BCUT2D eigenvalue weighted by Gasteiger charge is 2.15. The van der Waals surface area contributed by atoms with Crippen LogP contribution in [0, 0.1) is 12.7 Å². The van der Waals surface area contributed by atoms with E-state index in [9.17, 15) is 9.18 Å². The van der Waals surface area contributed by atoms with E-state index in [-0.39, 0.29) is 17.7 Å². The van der Waals surface area contributed by atoms with Crippen molar-refractivity contribution < 1.29 is 9.18 Å². The number of aromatic amines is 1. The lowest BCUT2D eigenvalue weighted by Gasteiger charge is -2.13. The van der Waals surface area contributed by atoms with Gasteiger partial charge in [-0.2, -0.15) is 5.21 Å². The summed E-state index contributed by atoms with van der Waals surface area (Å²) in [6.45, 7) is 3.43. The molecule has 18 heavy (non-hydrogen) atoms. The number of benzene rings is 1. The van der Waals surface area contributed by atoms with Crippen LogP contribution < -0.4 is 5.32 Å². The van der Waals surface area contributed by atoms with Gasteiger partial charge in [-0.15, -0.1) is 10.2 Å². The van der Waals surface area contributed by atoms with Crippen molar-refractivity contribution in [1.29, 1.82) is 0 Å². The van der Waals surface area contributed by atoms with E-state index in [2.05, 4.69) is 25.9 Å². The van der Waals surface area contributed by atoms with E-state index < -0.39 is 5.91 Å². The van der Waals surface area contributed by atoms with Crippen LogP contribution in [0.4, 0.5) is 4.39 Å². The molecule has 0 aliphatic heterocycles. The summed E-state index contributed by atoms with van der Waals surface area (Å²) < 4.78 is 13.4. The Morgan fingerprint density at radius 3 is 2.89 bits per heavy atom. The largest absolute Gasteiger partial charge is 0.343 e. The van der Waals surface area contributed by atoms with Crippen molar-refractivity contribution in [2.24, 2.45) is 0 Å². The molecule has 94 valence electrons. The van der Waals surface area contributed by atoms with Crippen LogP contribution in [-0.2, 0) is 0 Å². The number of carbonyl (C=O) groups is 1. The minimum absolute atomic E-state index is 0.0468. The van der Waals surface area contributed by atoms with E-state index in [1.807, 2.05) is 0 Å². The van der Waals surface area contributed by atoms with Crippen LogP contribution in [0.1, 0.15) is 34.7 Å². The molecule has 0 saturated heterocycles. The second-order valence-electron chi connectivity index (χ2n) is 3.94. The summed E-state index contributed by atoms with van der Waals surface area (Å²) in [6.07, 6.45) is 0. The third-order valence-corrected chi connectivity index (χ3v) is 2.59. The molecule has 0 aliphatic rings. The first-order valence-corrected chi connectivity index (χ1v) is 5.38. The molecule has 1 amide bonds. The fraction of sp³-hybridized carbons (Fsp3) is 0.273. The Hall–Kier alpha value is -2.31. The molecule has 2 aromatic rings. The molecule has 0 radical (unpaired) electrons. The predicted octanol–water partition coefficient (Wildman–Crippen LogP) is 1.14. The molecule has 7 heteroatoms. The Kier molecular flexibility index (Phi) is 3.31. The van der Waals surface area contributed by atoms with Gasteiger partial charge in [0.2, 0.25) is 0 Å². The van der Waals surface area contributed by atoms with Crippen molar-refractivity contribution in [3.05, 3.63) is 41.0 Å². The van der Waals surface area contributed by atoms with Gasteiger partial charge in [0.25, 0.3) is 11.7 Å². The molecule has 2 N–H and O–H groups in total. The molecule has 6 nitrogen and oxygen atoms in total. The summed E-state index contributed by atoms with van der Waals surface area (Å²) in [5.74, 6) is -0.806. The van der Waals surface area contributed by atoms with E-state index >= 15 is 0 Å². The van der Waals surface area contributed by atoms with Crippen molar-refractivity contribution in [2.45, 2.75) is 19.9 Å². The predicted molar refractivity (Wildman–Crippen MR) is 61.2 cm³/mol. The van der Waals surface area contributed by atoms with Crippen LogP contribution in [0.2, 0.25) is 0 Å². The standard InChI is InChI=1S/C11H12FN5O/c1-6-3-4-8(5-9(6)12)7(2)13-11(18)10-14-16-17-15-10/h3-5,7H,1-2H3,(H,13,18)(H,14,15,16,17). The zero-order valence-electron chi connectivity index (χ0n) is 9.94. The monoisotopic (exact) mass is 249 g/mol. The number of halogens is 1. The van der Waals surface area contributed by atoms with Gasteiger partial charge in [0.05, 0.1) is 6.04 Å². The van der Waals surface area contributed by atoms with E-state index in [1.165, 1.54) is 6.07 Å². The lowest BCUT2D eigenvalue weighted by atomic mass is 10.1. The number of nitrogens with one attached hydrogen (secondary N) is 2. The van der Waals surface area contributed by atoms with E-state index in [0.717, 1.165) is 0 Å². The van der Waals surface area contributed by atoms with Crippen LogP contribution in [0.25, 0.3) is 0 Å². The second-order valence-corrected chi connectivity index (χ2v) is 3.94. The normalized spacial score (nSPS) is 12.2. The molecule has 0 aliphatic carbocycles. The number of tetrazole rings is 1. The van der Waals surface area contributed by atoms with E-state index in [4.69, 9.17) is 0 Å². The summed E-state index contributed by atoms with van der Waals surface area (Å²) >= 11 is 0. The zero-order valence-corrected chi connectivity index (χ0v) is 9.94. The minimum Gasteiger partial charge on any atom is -0.343 e. The second kappa shape index (κ2) is 4.91. The van der Waals surface area contributed by atoms with Crippen molar-refractivity contribution in [1.82, 2.24) is 25.9 Å². The number of nitrogens with zero attached hydrogens (tertiary/aromatic N) is 3. The number of hydrogen-bond acceptors (Lipinski definition) is 4. The first-order valence-electron chi connectivity index (χ1n) is 5.38. The topological polar surface area (TPSA) is 83.6 Å². The highest BCUT2D eigenvalue weighted by Crippen LogP contribution is 2.16. The van der Waals surface area contributed by atoms with Crippen molar-refractivity contribution in [3.63, 3.8) is 0 Å². The number of aryl methyl sites for hydroxylation is 1. The summed E-state index contributed by atoms with van der Waals surface area (Å²) in [5, 5.41) is 15.3. The Morgan fingerprint density at radius 2 is 2.28 bits per heavy atom. The summed E-state index contributed by atoms with van der Waals surface area (Å²) in [5.41, 5.74) is 1.24. The first kappa shape index (κ1) is 12.2. The van der Waals surface area contributed by atoms with Gasteiger partial charge < -0.3 is 5.32 Å². The SMILES string of the molecule is Cc1ccc(C(C)NC(=O)c2nn[nH]n2)cc1F. The molecule has 1 aromatic heterocycles. The molecule has 0 saturated carbocycles. The molecule has 1 unspecified atom stereocenters. The highest BCUT2D eigenvalue weighted by atomic mass is 19.1. The van der Waals surface area contributed by atoms with Gasteiger partial charge >= 0.3 is 0 Å². The molecule has 1 atom stereocenters. The summed E-state index contributed by atoms with van der Waals surface area (Å²) in [6, 6.07) is 4.49. The zero-order chi connectivity index (χ0) is 13.1. The molecule has 1 aromatic carbocycles. The molecular weight excluding hydrogens is 237 g/mol. The number of rotatable bonds is 3. The lowest BCUT2D eigenvalue weighted by molar-refractivity contribution is 0.0929. The van der Waals surface area contributed by atoms with Gasteiger partial charge in [-0.25, -0.2) is 4.39 Å². The average molecular weight is 249 g/mol. The average Bonchev–Trinajstić information content (AvgIpc) is 2.86. The van der Waals surface area contributed by atoms with Crippen LogP contribution in [0.5, 0.6) is 0 Å². The van der Waals surface area contributed by atoms with Crippen LogP contribution >= 0.6 is 0 Å². The lowest BCUT2D eigenvalue weighted by Crippen LogP contribution is -2.27. The smallest absolute Gasteiger partial charge is 0.293 e. The Labute approximate surface area is 103 Å². The first-order chi connectivity index (χ1) is 8.58. The maximum Gasteiger partial charge on any atom is 0.293 e. The maximum atomic E-state index is 13.4. The minimum atomic E-state index is -0.461. The summed E-state index contributed by atoms with van der Waals surface area (Å²) in [4.78, 5) is 11.7. The number of H-pyrrole nitrogens is 1. The number of carbonyl (C=O) groups excluding carboxylic acids is 1. The van der Waals surface area contributed by atoms with Crippen LogP contribution in [0.15, 0.2) is 18.2 Å². The molecule has 0 fully saturated rings. The van der Waals surface area contributed by atoms with Gasteiger partial charge in [-0.1, -0.05) is 12.1 Å².